The average Bonchev–Trinajstić information content (AvgIpc) is 2.92. The summed E-state index contributed by atoms with van der Waals surface area (Å²) in [5, 5.41) is 8.05. The summed E-state index contributed by atoms with van der Waals surface area (Å²) in [6, 6.07) is 5.51. The SMILES string of the molecule is COc1ccc(Nc2c(C)c(C)nc3ncnn23)cc1Cl. The van der Waals surface area contributed by atoms with Crippen molar-refractivity contribution in [1.29, 1.82) is 0 Å². The largest absolute Gasteiger partial charge is 0.495 e. The van der Waals surface area contributed by atoms with Crippen LogP contribution in [0, 0.1) is 13.8 Å². The van der Waals surface area contributed by atoms with Crippen LogP contribution in [0.2, 0.25) is 5.02 Å². The number of nitrogens with one attached hydrogen (secondary N) is 1. The second-order valence-electron chi connectivity index (χ2n) is 4.62. The Morgan fingerprint density at radius 1 is 1.29 bits per heavy atom. The standard InChI is InChI=1S/C14H14ClN5O/c1-8-9(2)18-14-16-7-17-20(14)13(8)19-10-4-5-12(21-3)11(15)6-10/h4-7,19H,1-3H3. The molecule has 0 fully saturated rings. The number of halogens is 1. The van der Waals surface area contributed by atoms with Gasteiger partial charge in [-0.2, -0.15) is 14.6 Å². The number of hydrogen-bond acceptors (Lipinski definition) is 5. The lowest BCUT2D eigenvalue weighted by atomic mass is 10.2. The Kier molecular flexibility index (Phi) is 3.39. The molecule has 2 heterocycles. The summed E-state index contributed by atoms with van der Waals surface area (Å²) < 4.78 is 6.82. The van der Waals surface area contributed by atoms with Crippen molar-refractivity contribution in [3.63, 3.8) is 0 Å². The minimum Gasteiger partial charge on any atom is -0.495 e. The van der Waals surface area contributed by atoms with Crippen LogP contribution in [0.4, 0.5) is 11.5 Å². The van der Waals surface area contributed by atoms with Gasteiger partial charge < -0.3 is 10.1 Å². The number of methoxy groups -OCH3 is 1. The fourth-order valence-corrected chi connectivity index (χ4v) is 2.32. The van der Waals surface area contributed by atoms with E-state index in [0.717, 1.165) is 22.8 Å². The summed E-state index contributed by atoms with van der Waals surface area (Å²) in [6.45, 7) is 3.92. The molecule has 108 valence electrons. The van der Waals surface area contributed by atoms with E-state index in [2.05, 4.69) is 20.4 Å². The summed E-state index contributed by atoms with van der Waals surface area (Å²) in [7, 11) is 1.59. The third-order valence-corrected chi connectivity index (χ3v) is 3.62. The fraction of sp³-hybridized carbons (Fsp3) is 0.214. The van der Waals surface area contributed by atoms with Crippen LogP contribution in [-0.2, 0) is 0 Å². The molecule has 21 heavy (non-hydrogen) atoms. The molecule has 0 amide bonds. The van der Waals surface area contributed by atoms with E-state index in [9.17, 15) is 0 Å². The van der Waals surface area contributed by atoms with Crippen LogP contribution in [0.25, 0.3) is 5.78 Å². The van der Waals surface area contributed by atoms with Gasteiger partial charge in [0.25, 0.3) is 5.78 Å². The highest BCUT2D eigenvalue weighted by molar-refractivity contribution is 6.32. The van der Waals surface area contributed by atoms with Crippen molar-refractivity contribution in [3.8, 4) is 5.75 Å². The average molecular weight is 304 g/mol. The molecule has 0 spiro atoms. The third kappa shape index (κ3) is 2.38. The fourth-order valence-electron chi connectivity index (χ4n) is 2.06. The molecule has 0 aliphatic heterocycles. The number of benzene rings is 1. The van der Waals surface area contributed by atoms with Gasteiger partial charge >= 0.3 is 0 Å². The molecule has 2 aromatic heterocycles. The molecule has 6 nitrogen and oxygen atoms in total. The Morgan fingerprint density at radius 2 is 2.10 bits per heavy atom. The molecular formula is C14H14ClN5O. The van der Waals surface area contributed by atoms with Gasteiger partial charge in [0.05, 0.1) is 12.1 Å². The lowest BCUT2D eigenvalue weighted by Crippen LogP contribution is -2.06. The molecule has 7 heteroatoms. The summed E-state index contributed by atoms with van der Waals surface area (Å²) in [4.78, 5) is 8.51. The van der Waals surface area contributed by atoms with Crippen molar-refractivity contribution in [2.75, 3.05) is 12.4 Å². The van der Waals surface area contributed by atoms with Gasteiger partial charge in [0.1, 0.15) is 17.9 Å². The van der Waals surface area contributed by atoms with Gasteiger partial charge in [0.2, 0.25) is 0 Å². The van der Waals surface area contributed by atoms with Gasteiger partial charge in [-0.3, -0.25) is 0 Å². The van der Waals surface area contributed by atoms with Gasteiger partial charge in [-0.15, -0.1) is 0 Å². The van der Waals surface area contributed by atoms with E-state index < -0.39 is 0 Å². The van der Waals surface area contributed by atoms with Crippen molar-refractivity contribution in [3.05, 3.63) is 40.8 Å². The monoisotopic (exact) mass is 303 g/mol. The van der Waals surface area contributed by atoms with Gasteiger partial charge in [-0.1, -0.05) is 11.6 Å². The quantitative estimate of drug-likeness (QED) is 0.805. The Balaban J connectivity index is 2.07. The predicted molar refractivity (Wildman–Crippen MR) is 81.5 cm³/mol. The summed E-state index contributed by atoms with van der Waals surface area (Å²) in [5.41, 5.74) is 2.74. The highest BCUT2D eigenvalue weighted by Gasteiger charge is 2.12. The summed E-state index contributed by atoms with van der Waals surface area (Å²) in [6.07, 6.45) is 1.48. The van der Waals surface area contributed by atoms with Crippen molar-refractivity contribution in [1.82, 2.24) is 19.6 Å². The van der Waals surface area contributed by atoms with Crippen LogP contribution < -0.4 is 10.1 Å². The molecule has 0 saturated heterocycles. The minimum absolute atomic E-state index is 0.542. The molecule has 0 bridgehead atoms. The van der Waals surface area contributed by atoms with Gasteiger partial charge in [0, 0.05) is 16.9 Å². The number of fused-ring (bicyclic) bond motifs is 1. The van der Waals surface area contributed by atoms with Crippen LogP contribution in [-0.4, -0.2) is 26.7 Å². The first-order valence-electron chi connectivity index (χ1n) is 6.37. The van der Waals surface area contributed by atoms with Crippen molar-refractivity contribution in [2.45, 2.75) is 13.8 Å². The third-order valence-electron chi connectivity index (χ3n) is 3.32. The molecule has 0 aliphatic rings. The van der Waals surface area contributed by atoms with Crippen molar-refractivity contribution >= 4 is 28.9 Å². The van der Waals surface area contributed by atoms with E-state index in [0.29, 0.717) is 16.5 Å². The van der Waals surface area contributed by atoms with E-state index in [4.69, 9.17) is 16.3 Å². The smallest absolute Gasteiger partial charge is 0.254 e. The number of anilines is 2. The Hall–Kier alpha value is -2.34. The second kappa shape index (κ2) is 5.21. The van der Waals surface area contributed by atoms with Crippen molar-refractivity contribution < 1.29 is 4.74 Å². The molecule has 1 N–H and O–H groups in total. The van der Waals surface area contributed by atoms with E-state index in [-0.39, 0.29) is 0 Å². The maximum atomic E-state index is 6.15. The Morgan fingerprint density at radius 3 is 2.81 bits per heavy atom. The molecule has 0 radical (unpaired) electrons. The summed E-state index contributed by atoms with van der Waals surface area (Å²) in [5.74, 6) is 2.01. The number of aromatic nitrogens is 4. The van der Waals surface area contributed by atoms with E-state index >= 15 is 0 Å². The molecule has 0 unspecified atom stereocenters. The molecule has 3 rings (SSSR count). The molecular weight excluding hydrogens is 290 g/mol. The highest BCUT2D eigenvalue weighted by atomic mass is 35.5. The Labute approximate surface area is 126 Å². The van der Waals surface area contributed by atoms with Crippen LogP contribution in [0.3, 0.4) is 0 Å². The first-order valence-corrected chi connectivity index (χ1v) is 6.75. The number of aryl methyl sites for hydroxylation is 1. The summed E-state index contributed by atoms with van der Waals surface area (Å²) >= 11 is 6.15. The molecule has 0 aliphatic carbocycles. The van der Waals surface area contributed by atoms with Gasteiger partial charge in [-0.05, 0) is 32.0 Å². The van der Waals surface area contributed by atoms with Crippen LogP contribution in [0.1, 0.15) is 11.3 Å². The molecule has 0 atom stereocenters. The molecule has 1 aromatic carbocycles. The maximum Gasteiger partial charge on any atom is 0.254 e. The molecule has 0 saturated carbocycles. The number of hydrogen-bond donors (Lipinski definition) is 1. The van der Waals surface area contributed by atoms with Crippen LogP contribution in [0.5, 0.6) is 5.75 Å². The van der Waals surface area contributed by atoms with E-state index in [1.165, 1.54) is 6.33 Å². The molecule has 3 aromatic rings. The second-order valence-corrected chi connectivity index (χ2v) is 5.02. The number of ether oxygens (including phenoxy) is 1. The zero-order chi connectivity index (χ0) is 15.0. The predicted octanol–water partition coefficient (Wildman–Crippen LogP) is 3.15. The first kappa shape index (κ1) is 13.6. The topological polar surface area (TPSA) is 64.3 Å². The lowest BCUT2D eigenvalue weighted by molar-refractivity contribution is 0.415. The van der Waals surface area contributed by atoms with Gasteiger partial charge in [-0.25, -0.2) is 4.98 Å². The minimum atomic E-state index is 0.542. The Bertz CT molecular complexity index is 814. The first-order chi connectivity index (χ1) is 10.1. The number of nitrogens with zero attached hydrogens (tertiary/aromatic N) is 4. The lowest BCUT2D eigenvalue weighted by Gasteiger charge is -2.13. The van der Waals surface area contributed by atoms with Crippen molar-refractivity contribution in [2.24, 2.45) is 0 Å². The normalized spacial score (nSPS) is 10.9. The van der Waals surface area contributed by atoms with E-state index in [1.54, 1.807) is 17.7 Å². The zero-order valence-electron chi connectivity index (χ0n) is 11.9. The number of rotatable bonds is 3. The maximum absolute atomic E-state index is 6.15. The van der Waals surface area contributed by atoms with Crippen LogP contribution in [0.15, 0.2) is 24.5 Å². The zero-order valence-corrected chi connectivity index (χ0v) is 12.6. The highest BCUT2D eigenvalue weighted by Crippen LogP contribution is 2.29. The van der Waals surface area contributed by atoms with E-state index in [1.807, 2.05) is 26.0 Å². The van der Waals surface area contributed by atoms with Gasteiger partial charge in [0.15, 0.2) is 0 Å². The van der Waals surface area contributed by atoms with Crippen LogP contribution >= 0.6 is 11.6 Å².